The van der Waals surface area contributed by atoms with Crippen molar-refractivity contribution >= 4 is 5.97 Å². The number of carboxylic acids is 1. The van der Waals surface area contributed by atoms with Crippen molar-refractivity contribution in [3.63, 3.8) is 0 Å². The number of carbonyl (C=O) groups is 1. The normalized spacial score (nSPS) is 34.9. The highest BCUT2D eigenvalue weighted by Crippen LogP contribution is 2.33. The SMILES string of the molecule is CCCC1CCCCC1CNC1CCC(C(=O)O)CC1. The summed E-state index contributed by atoms with van der Waals surface area (Å²) < 4.78 is 0. The van der Waals surface area contributed by atoms with Crippen LogP contribution in [0.15, 0.2) is 0 Å². The summed E-state index contributed by atoms with van der Waals surface area (Å²) in [6.45, 7) is 3.46. The molecule has 0 aromatic carbocycles. The summed E-state index contributed by atoms with van der Waals surface area (Å²) in [5.74, 6) is 1.10. The fourth-order valence-electron chi connectivity index (χ4n) is 4.17. The molecule has 2 fully saturated rings. The molecule has 20 heavy (non-hydrogen) atoms. The molecule has 0 aromatic heterocycles. The second-order valence-corrected chi connectivity index (χ2v) is 6.89. The molecule has 0 spiro atoms. The van der Waals surface area contributed by atoms with Crippen molar-refractivity contribution in [1.82, 2.24) is 5.32 Å². The van der Waals surface area contributed by atoms with E-state index in [1.807, 2.05) is 0 Å². The second-order valence-electron chi connectivity index (χ2n) is 6.89. The van der Waals surface area contributed by atoms with Crippen molar-refractivity contribution in [3.05, 3.63) is 0 Å². The minimum Gasteiger partial charge on any atom is -0.481 e. The van der Waals surface area contributed by atoms with E-state index in [1.54, 1.807) is 0 Å². The Labute approximate surface area is 123 Å². The Morgan fingerprint density at radius 3 is 2.30 bits per heavy atom. The van der Waals surface area contributed by atoms with E-state index >= 15 is 0 Å². The summed E-state index contributed by atoms with van der Waals surface area (Å²) in [6.07, 6.45) is 12.1. The quantitative estimate of drug-likeness (QED) is 0.778. The van der Waals surface area contributed by atoms with E-state index in [-0.39, 0.29) is 5.92 Å². The minimum atomic E-state index is -0.598. The fourth-order valence-corrected chi connectivity index (χ4v) is 4.17. The van der Waals surface area contributed by atoms with Crippen LogP contribution in [-0.4, -0.2) is 23.7 Å². The molecule has 0 aliphatic heterocycles. The molecule has 2 atom stereocenters. The molecule has 0 amide bonds. The lowest BCUT2D eigenvalue weighted by molar-refractivity contribution is -0.142. The van der Waals surface area contributed by atoms with Crippen molar-refractivity contribution < 1.29 is 9.90 Å². The highest BCUT2D eigenvalue weighted by Gasteiger charge is 2.28. The highest BCUT2D eigenvalue weighted by molar-refractivity contribution is 5.70. The standard InChI is InChI=1S/C17H31NO2/c1-2-5-13-6-3-4-7-15(13)12-18-16-10-8-14(9-11-16)17(19)20/h13-16,18H,2-12H2,1H3,(H,19,20). The van der Waals surface area contributed by atoms with Gasteiger partial charge in [0.15, 0.2) is 0 Å². The van der Waals surface area contributed by atoms with Gasteiger partial charge in [-0.1, -0.05) is 39.0 Å². The lowest BCUT2D eigenvalue weighted by atomic mass is 9.76. The third-order valence-electron chi connectivity index (χ3n) is 5.47. The zero-order valence-corrected chi connectivity index (χ0v) is 12.9. The van der Waals surface area contributed by atoms with Gasteiger partial charge >= 0.3 is 5.97 Å². The zero-order valence-electron chi connectivity index (χ0n) is 12.9. The Hall–Kier alpha value is -0.570. The van der Waals surface area contributed by atoms with Gasteiger partial charge in [-0.3, -0.25) is 4.79 Å². The van der Waals surface area contributed by atoms with Gasteiger partial charge in [0.25, 0.3) is 0 Å². The predicted octanol–water partition coefficient (Wildman–Crippen LogP) is 3.83. The monoisotopic (exact) mass is 281 g/mol. The Balaban J connectivity index is 1.70. The zero-order chi connectivity index (χ0) is 14.4. The van der Waals surface area contributed by atoms with Crippen molar-refractivity contribution in [2.24, 2.45) is 17.8 Å². The molecular weight excluding hydrogens is 250 g/mol. The van der Waals surface area contributed by atoms with Crippen LogP contribution in [0.2, 0.25) is 0 Å². The van der Waals surface area contributed by atoms with Crippen LogP contribution in [-0.2, 0) is 4.79 Å². The van der Waals surface area contributed by atoms with Gasteiger partial charge in [0.2, 0.25) is 0 Å². The molecular formula is C17H31NO2. The van der Waals surface area contributed by atoms with E-state index in [1.165, 1.54) is 38.5 Å². The average Bonchev–Trinajstić information content (AvgIpc) is 2.47. The summed E-state index contributed by atoms with van der Waals surface area (Å²) >= 11 is 0. The summed E-state index contributed by atoms with van der Waals surface area (Å²) in [7, 11) is 0. The van der Waals surface area contributed by atoms with E-state index in [9.17, 15) is 4.79 Å². The van der Waals surface area contributed by atoms with Crippen molar-refractivity contribution in [1.29, 1.82) is 0 Å². The van der Waals surface area contributed by atoms with Crippen LogP contribution in [0.3, 0.4) is 0 Å². The van der Waals surface area contributed by atoms with Gasteiger partial charge in [0.1, 0.15) is 0 Å². The van der Waals surface area contributed by atoms with Crippen molar-refractivity contribution in [3.8, 4) is 0 Å². The van der Waals surface area contributed by atoms with Gasteiger partial charge < -0.3 is 10.4 Å². The molecule has 2 aliphatic carbocycles. The van der Waals surface area contributed by atoms with E-state index < -0.39 is 5.97 Å². The van der Waals surface area contributed by atoms with Crippen LogP contribution in [0.1, 0.15) is 71.1 Å². The predicted molar refractivity (Wildman–Crippen MR) is 81.7 cm³/mol. The molecule has 116 valence electrons. The number of rotatable bonds is 6. The summed E-state index contributed by atoms with van der Waals surface area (Å²) in [4.78, 5) is 11.0. The van der Waals surface area contributed by atoms with E-state index in [0.29, 0.717) is 6.04 Å². The summed E-state index contributed by atoms with van der Waals surface area (Å²) in [6, 6.07) is 0.565. The molecule has 3 nitrogen and oxygen atoms in total. The molecule has 3 heteroatoms. The molecule has 2 N–H and O–H groups in total. The molecule has 0 saturated heterocycles. The summed E-state index contributed by atoms with van der Waals surface area (Å²) in [5.41, 5.74) is 0. The smallest absolute Gasteiger partial charge is 0.306 e. The Morgan fingerprint density at radius 2 is 1.70 bits per heavy atom. The maximum Gasteiger partial charge on any atom is 0.306 e. The molecule has 2 unspecified atom stereocenters. The number of nitrogens with one attached hydrogen (secondary N) is 1. The van der Waals surface area contributed by atoms with Gasteiger partial charge in [-0.2, -0.15) is 0 Å². The first kappa shape index (κ1) is 15.8. The van der Waals surface area contributed by atoms with Gasteiger partial charge in [-0.15, -0.1) is 0 Å². The largest absolute Gasteiger partial charge is 0.481 e. The molecule has 0 aromatic rings. The average molecular weight is 281 g/mol. The second kappa shape index (κ2) is 8.02. The Kier molecular flexibility index (Phi) is 6.34. The van der Waals surface area contributed by atoms with Gasteiger partial charge in [-0.05, 0) is 50.5 Å². The minimum absolute atomic E-state index is 0.0874. The topological polar surface area (TPSA) is 49.3 Å². The first-order valence-corrected chi connectivity index (χ1v) is 8.67. The number of carboxylic acid groups (broad SMARTS) is 1. The lowest BCUT2D eigenvalue weighted by Gasteiger charge is -2.34. The molecule has 2 rings (SSSR count). The van der Waals surface area contributed by atoms with Crippen LogP contribution in [0, 0.1) is 17.8 Å². The van der Waals surface area contributed by atoms with E-state index in [2.05, 4.69) is 12.2 Å². The van der Waals surface area contributed by atoms with Gasteiger partial charge in [-0.25, -0.2) is 0 Å². The van der Waals surface area contributed by atoms with Crippen LogP contribution < -0.4 is 5.32 Å². The molecule has 0 bridgehead atoms. The van der Waals surface area contributed by atoms with E-state index in [4.69, 9.17) is 5.11 Å². The molecule has 2 saturated carbocycles. The van der Waals surface area contributed by atoms with Gasteiger partial charge in [0, 0.05) is 6.04 Å². The number of hydrogen-bond acceptors (Lipinski definition) is 2. The first-order valence-electron chi connectivity index (χ1n) is 8.67. The lowest BCUT2D eigenvalue weighted by Crippen LogP contribution is -2.39. The first-order chi connectivity index (χ1) is 9.70. The number of hydrogen-bond donors (Lipinski definition) is 2. The van der Waals surface area contributed by atoms with Crippen LogP contribution in [0.5, 0.6) is 0 Å². The maximum atomic E-state index is 11.0. The maximum absolute atomic E-state index is 11.0. The van der Waals surface area contributed by atoms with Crippen molar-refractivity contribution in [2.45, 2.75) is 77.2 Å². The Bertz CT molecular complexity index is 295. The summed E-state index contributed by atoms with van der Waals surface area (Å²) in [5, 5.41) is 12.8. The van der Waals surface area contributed by atoms with E-state index in [0.717, 1.165) is 44.1 Å². The van der Waals surface area contributed by atoms with Gasteiger partial charge in [0.05, 0.1) is 5.92 Å². The van der Waals surface area contributed by atoms with Crippen LogP contribution in [0.25, 0.3) is 0 Å². The Morgan fingerprint density at radius 1 is 1.05 bits per heavy atom. The molecule has 0 radical (unpaired) electrons. The highest BCUT2D eigenvalue weighted by atomic mass is 16.4. The fraction of sp³-hybridized carbons (Fsp3) is 0.941. The third-order valence-corrected chi connectivity index (χ3v) is 5.47. The van der Waals surface area contributed by atoms with Crippen LogP contribution >= 0.6 is 0 Å². The third kappa shape index (κ3) is 4.47. The van der Waals surface area contributed by atoms with Crippen LogP contribution in [0.4, 0.5) is 0 Å². The molecule has 2 aliphatic rings. The molecule has 0 heterocycles. The number of aliphatic carboxylic acids is 1. The van der Waals surface area contributed by atoms with Crippen molar-refractivity contribution in [2.75, 3.05) is 6.54 Å².